The second kappa shape index (κ2) is 2.86. The van der Waals surface area contributed by atoms with E-state index in [1.807, 2.05) is 6.92 Å². The minimum atomic E-state index is -0.956. The van der Waals surface area contributed by atoms with Crippen LogP contribution in [0.25, 0.3) is 0 Å². The highest BCUT2D eigenvalue weighted by Crippen LogP contribution is 2.16. The average Bonchev–Trinajstić information content (AvgIpc) is 1.99. The number of hydrogen-bond acceptors (Lipinski definition) is 1. The van der Waals surface area contributed by atoms with Crippen molar-refractivity contribution in [2.24, 2.45) is 0 Å². The van der Waals surface area contributed by atoms with Gasteiger partial charge in [0.05, 0.1) is 5.69 Å². The van der Waals surface area contributed by atoms with E-state index in [-0.39, 0.29) is 5.69 Å². The van der Waals surface area contributed by atoms with Crippen molar-refractivity contribution in [3.8, 4) is 0 Å². The molecule has 0 spiro atoms. The SMILES string of the molecule is CCc1cc(N)c(F)c(F)c1. The zero-order chi connectivity index (χ0) is 8.43. The van der Waals surface area contributed by atoms with E-state index in [0.717, 1.165) is 6.07 Å². The van der Waals surface area contributed by atoms with Gasteiger partial charge in [0.1, 0.15) is 0 Å². The summed E-state index contributed by atoms with van der Waals surface area (Å²) in [5, 5.41) is 0. The van der Waals surface area contributed by atoms with Gasteiger partial charge in [0, 0.05) is 0 Å². The van der Waals surface area contributed by atoms with Crippen molar-refractivity contribution in [1.29, 1.82) is 0 Å². The van der Waals surface area contributed by atoms with Crippen molar-refractivity contribution in [2.45, 2.75) is 13.3 Å². The van der Waals surface area contributed by atoms with Gasteiger partial charge in [0.15, 0.2) is 11.6 Å². The Balaban J connectivity index is 3.21. The van der Waals surface area contributed by atoms with Gasteiger partial charge >= 0.3 is 0 Å². The quantitative estimate of drug-likeness (QED) is 0.621. The Morgan fingerprint density at radius 1 is 1.36 bits per heavy atom. The van der Waals surface area contributed by atoms with Crippen molar-refractivity contribution < 1.29 is 8.78 Å². The Bertz CT molecular complexity index is 248. The van der Waals surface area contributed by atoms with E-state index in [4.69, 9.17) is 5.73 Å². The van der Waals surface area contributed by atoms with Gasteiger partial charge in [-0.05, 0) is 24.1 Å². The fraction of sp³-hybridized carbons (Fsp3) is 0.250. The molecular weight excluding hydrogens is 148 g/mol. The molecule has 60 valence electrons. The van der Waals surface area contributed by atoms with Crippen LogP contribution >= 0.6 is 0 Å². The normalized spacial score (nSPS) is 10.1. The summed E-state index contributed by atoms with van der Waals surface area (Å²) in [6.07, 6.45) is 0.654. The Morgan fingerprint density at radius 2 is 2.00 bits per heavy atom. The summed E-state index contributed by atoms with van der Waals surface area (Å²) in [6.45, 7) is 1.85. The zero-order valence-electron chi connectivity index (χ0n) is 6.20. The first-order valence-corrected chi connectivity index (χ1v) is 3.38. The maximum atomic E-state index is 12.6. The molecule has 0 unspecified atom stereocenters. The largest absolute Gasteiger partial charge is 0.396 e. The topological polar surface area (TPSA) is 26.0 Å². The average molecular weight is 157 g/mol. The number of benzene rings is 1. The second-order valence-corrected chi connectivity index (χ2v) is 2.33. The molecule has 2 N–H and O–H groups in total. The third-order valence-corrected chi connectivity index (χ3v) is 1.52. The summed E-state index contributed by atoms with van der Waals surface area (Å²) in [5.74, 6) is -1.83. The van der Waals surface area contributed by atoms with Crippen molar-refractivity contribution in [3.63, 3.8) is 0 Å². The van der Waals surface area contributed by atoms with Crippen LogP contribution in [0.1, 0.15) is 12.5 Å². The summed E-state index contributed by atoms with van der Waals surface area (Å²) in [5.41, 5.74) is 5.77. The van der Waals surface area contributed by atoms with Crippen molar-refractivity contribution >= 4 is 5.69 Å². The number of nitrogens with two attached hydrogens (primary N) is 1. The van der Waals surface area contributed by atoms with Gasteiger partial charge in [-0.2, -0.15) is 0 Å². The summed E-state index contributed by atoms with van der Waals surface area (Å²) in [4.78, 5) is 0. The maximum absolute atomic E-state index is 12.6. The molecule has 0 aliphatic rings. The van der Waals surface area contributed by atoms with Crippen LogP contribution in [0.5, 0.6) is 0 Å². The van der Waals surface area contributed by atoms with Gasteiger partial charge in [-0.1, -0.05) is 6.92 Å². The number of rotatable bonds is 1. The van der Waals surface area contributed by atoms with Gasteiger partial charge in [-0.3, -0.25) is 0 Å². The molecule has 1 nitrogen and oxygen atoms in total. The molecule has 0 aliphatic carbocycles. The lowest BCUT2D eigenvalue weighted by atomic mass is 10.1. The van der Waals surface area contributed by atoms with Crippen LogP contribution in [0.3, 0.4) is 0 Å². The zero-order valence-corrected chi connectivity index (χ0v) is 6.20. The molecule has 0 saturated heterocycles. The fourth-order valence-corrected chi connectivity index (χ4v) is 0.873. The van der Waals surface area contributed by atoms with Crippen LogP contribution in [0.15, 0.2) is 12.1 Å². The molecular formula is C8H9F2N. The van der Waals surface area contributed by atoms with Crippen molar-refractivity contribution in [1.82, 2.24) is 0 Å². The Hall–Kier alpha value is -1.12. The first kappa shape index (κ1) is 7.98. The second-order valence-electron chi connectivity index (χ2n) is 2.33. The molecule has 3 heteroatoms. The highest BCUT2D eigenvalue weighted by Gasteiger charge is 2.06. The van der Waals surface area contributed by atoms with Gasteiger partial charge in [-0.15, -0.1) is 0 Å². The molecule has 1 aromatic rings. The maximum Gasteiger partial charge on any atom is 0.181 e. The predicted molar refractivity (Wildman–Crippen MR) is 40.1 cm³/mol. The molecule has 0 fully saturated rings. The van der Waals surface area contributed by atoms with Crippen LogP contribution in [0.4, 0.5) is 14.5 Å². The standard InChI is InChI=1S/C8H9F2N/c1-2-5-3-6(9)8(10)7(11)4-5/h3-4H,2,11H2,1H3. The van der Waals surface area contributed by atoms with E-state index in [2.05, 4.69) is 0 Å². The van der Waals surface area contributed by atoms with Crippen LogP contribution in [0, 0.1) is 11.6 Å². The van der Waals surface area contributed by atoms with Crippen LogP contribution in [-0.4, -0.2) is 0 Å². The van der Waals surface area contributed by atoms with E-state index in [1.54, 1.807) is 0 Å². The van der Waals surface area contributed by atoms with Gasteiger partial charge < -0.3 is 5.73 Å². The third kappa shape index (κ3) is 1.48. The number of anilines is 1. The van der Waals surface area contributed by atoms with E-state index < -0.39 is 11.6 Å². The predicted octanol–water partition coefficient (Wildman–Crippen LogP) is 2.11. The van der Waals surface area contributed by atoms with Crippen LogP contribution in [0.2, 0.25) is 0 Å². The first-order valence-electron chi connectivity index (χ1n) is 3.38. The molecule has 0 aromatic heterocycles. The fourth-order valence-electron chi connectivity index (χ4n) is 0.873. The summed E-state index contributed by atoms with van der Waals surface area (Å²) >= 11 is 0. The smallest absolute Gasteiger partial charge is 0.181 e. The molecule has 11 heavy (non-hydrogen) atoms. The van der Waals surface area contributed by atoms with Crippen molar-refractivity contribution in [3.05, 3.63) is 29.3 Å². The molecule has 0 heterocycles. The van der Waals surface area contributed by atoms with E-state index in [0.29, 0.717) is 12.0 Å². The molecule has 0 bridgehead atoms. The molecule has 0 saturated carbocycles. The molecule has 0 radical (unpaired) electrons. The Labute approximate surface area is 63.8 Å². The summed E-state index contributed by atoms with van der Waals surface area (Å²) < 4.78 is 25.1. The number of hydrogen-bond donors (Lipinski definition) is 1. The van der Waals surface area contributed by atoms with Crippen molar-refractivity contribution in [2.75, 3.05) is 5.73 Å². The number of nitrogen functional groups attached to an aromatic ring is 1. The van der Waals surface area contributed by atoms with E-state index >= 15 is 0 Å². The summed E-state index contributed by atoms with van der Waals surface area (Å²) in [7, 11) is 0. The Kier molecular flexibility index (Phi) is 2.08. The molecule has 1 aromatic carbocycles. The molecule has 0 aliphatic heterocycles. The minimum absolute atomic E-state index is 0.123. The first-order chi connectivity index (χ1) is 5.15. The monoisotopic (exact) mass is 157 g/mol. The summed E-state index contributed by atoms with van der Waals surface area (Å²) in [6, 6.07) is 2.60. The lowest BCUT2D eigenvalue weighted by molar-refractivity contribution is 0.510. The van der Waals surface area contributed by atoms with Crippen LogP contribution in [-0.2, 0) is 6.42 Å². The lowest BCUT2D eigenvalue weighted by Gasteiger charge is -2.00. The highest BCUT2D eigenvalue weighted by atomic mass is 19.2. The number of halogens is 2. The van der Waals surface area contributed by atoms with Gasteiger partial charge in [0.25, 0.3) is 0 Å². The van der Waals surface area contributed by atoms with Gasteiger partial charge in [0.2, 0.25) is 0 Å². The Morgan fingerprint density at radius 3 is 2.45 bits per heavy atom. The van der Waals surface area contributed by atoms with Crippen LogP contribution < -0.4 is 5.73 Å². The highest BCUT2D eigenvalue weighted by molar-refractivity contribution is 5.43. The lowest BCUT2D eigenvalue weighted by Crippen LogP contribution is -1.96. The van der Waals surface area contributed by atoms with Gasteiger partial charge in [-0.25, -0.2) is 8.78 Å². The third-order valence-electron chi connectivity index (χ3n) is 1.52. The minimum Gasteiger partial charge on any atom is -0.396 e. The molecule has 0 amide bonds. The molecule has 1 rings (SSSR count). The molecule has 0 atom stereocenters. The van der Waals surface area contributed by atoms with E-state index in [1.165, 1.54) is 6.07 Å². The number of aryl methyl sites for hydroxylation is 1. The van der Waals surface area contributed by atoms with E-state index in [9.17, 15) is 8.78 Å².